The third-order valence-corrected chi connectivity index (χ3v) is 13.6. The zero-order chi connectivity index (χ0) is 33.2. The molecule has 0 fully saturated rings. The summed E-state index contributed by atoms with van der Waals surface area (Å²) in [6.45, 7) is 4.72. The molecule has 0 spiro atoms. The molecule has 9 rings (SSSR count). The summed E-state index contributed by atoms with van der Waals surface area (Å²) in [5.74, 6) is 0. The molecule has 2 heteroatoms. The lowest BCUT2D eigenvalue weighted by molar-refractivity contribution is 0.592. The molecule has 1 aliphatic rings. The fraction of sp³-hybridized carbons (Fsp3) is 0.0638. The van der Waals surface area contributed by atoms with Crippen LogP contribution in [0.4, 0.5) is 0 Å². The molecule has 8 aromatic carbocycles. The second-order valence-electron chi connectivity index (χ2n) is 13.6. The van der Waals surface area contributed by atoms with Gasteiger partial charge in [0.15, 0.2) is 7.14 Å². The first-order chi connectivity index (χ1) is 24.0. The molecule has 0 amide bonds. The van der Waals surface area contributed by atoms with Crippen LogP contribution in [-0.2, 0) is 9.98 Å². The quantitative estimate of drug-likeness (QED) is 0.134. The van der Waals surface area contributed by atoms with Gasteiger partial charge < -0.3 is 4.57 Å². The van der Waals surface area contributed by atoms with Crippen molar-refractivity contribution in [2.75, 3.05) is 0 Å². The van der Waals surface area contributed by atoms with Crippen LogP contribution in [0, 0.1) is 0 Å². The molecule has 0 aliphatic heterocycles. The van der Waals surface area contributed by atoms with Crippen LogP contribution in [0.15, 0.2) is 176 Å². The summed E-state index contributed by atoms with van der Waals surface area (Å²) < 4.78 is 14.9. The second-order valence-corrected chi connectivity index (χ2v) is 16.4. The second kappa shape index (κ2) is 11.3. The Morgan fingerprint density at radius 3 is 1.47 bits per heavy atom. The van der Waals surface area contributed by atoms with E-state index in [1.165, 1.54) is 54.9 Å². The SMILES string of the molecule is CC1(C)c2ccccc2-c2c3ccccc3c(-c3ccc(-c4ccc(P(=O)(c5ccccc5)c5ccccc5)cc4)cc3)c3cccc1c23. The lowest BCUT2D eigenvalue weighted by atomic mass is 9.67. The van der Waals surface area contributed by atoms with Gasteiger partial charge in [-0.2, -0.15) is 0 Å². The van der Waals surface area contributed by atoms with E-state index in [0.29, 0.717) is 0 Å². The first-order valence-corrected chi connectivity index (χ1v) is 18.7. The Bertz CT molecular complexity index is 2520. The third kappa shape index (κ3) is 4.50. The van der Waals surface area contributed by atoms with Crippen LogP contribution in [0.1, 0.15) is 25.0 Å². The highest BCUT2D eigenvalue weighted by molar-refractivity contribution is 7.85. The van der Waals surface area contributed by atoms with Crippen molar-refractivity contribution in [3.05, 3.63) is 187 Å². The average molecular weight is 647 g/mol. The summed E-state index contributed by atoms with van der Waals surface area (Å²) in [4.78, 5) is 0. The molecule has 0 unspecified atom stereocenters. The van der Waals surface area contributed by atoms with Crippen molar-refractivity contribution in [3.8, 4) is 33.4 Å². The van der Waals surface area contributed by atoms with Crippen LogP contribution in [-0.4, -0.2) is 0 Å². The van der Waals surface area contributed by atoms with E-state index in [0.717, 1.165) is 27.0 Å². The van der Waals surface area contributed by atoms with Gasteiger partial charge in [0.25, 0.3) is 0 Å². The fourth-order valence-corrected chi connectivity index (χ4v) is 10.8. The minimum atomic E-state index is -3.02. The molecule has 0 N–H and O–H groups in total. The molecule has 0 bridgehead atoms. The number of hydrogen-bond donors (Lipinski definition) is 0. The van der Waals surface area contributed by atoms with Crippen molar-refractivity contribution >= 4 is 44.6 Å². The highest BCUT2D eigenvalue weighted by atomic mass is 31.2. The van der Waals surface area contributed by atoms with E-state index >= 15 is 0 Å². The minimum absolute atomic E-state index is 0.107. The monoisotopic (exact) mass is 646 g/mol. The lowest BCUT2D eigenvalue weighted by Crippen LogP contribution is -2.24. The molecule has 1 nitrogen and oxygen atoms in total. The average Bonchev–Trinajstić information content (AvgIpc) is 3.17. The van der Waals surface area contributed by atoms with Crippen LogP contribution in [0.3, 0.4) is 0 Å². The van der Waals surface area contributed by atoms with Gasteiger partial charge in [-0.05, 0) is 66.1 Å². The zero-order valence-electron chi connectivity index (χ0n) is 27.6. The maximum atomic E-state index is 14.9. The first-order valence-electron chi connectivity index (χ1n) is 17.0. The van der Waals surface area contributed by atoms with E-state index in [-0.39, 0.29) is 5.41 Å². The lowest BCUT2D eigenvalue weighted by Gasteiger charge is -2.36. The Morgan fingerprint density at radius 1 is 0.388 bits per heavy atom. The standard InChI is InChI=1S/C47H35OP/c1-47(2)42-22-12-11-20-40(42)45-39-19-10-9-18-38(39)44(41-21-13-23-43(47)46(41)45)34-26-24-32(25-27-34)33-28-30-37(31-29-33)49(48,35-14-5-3-6-15-35)36-16-7-4-8-17-36/h3-31H,1-2H3. The predicted molar refractivity (Wildman–Crippen MR) is 209 cm³/mol. The van der Waals surface area contributed by atoms with E-state index in [2.05, 4.69) is 117 Å². The molecule has 0 saturated heterocycles. The molecule has 0 saturated carbocycles. The van der Waals surface area contributed by atoms with Crippen LogP contribution in [0.25, 0.3) is 54.9 Å². The van der Waals surface area contributed by atoms with Gasteiger partial charge in [0.05, 0.1) is 0 Å². The molecular weight excluding hydrogens is 611 g/mol. The van der Waals surface area contributed by atoms with Crippen LogP contribution in [0.2, 0.25) is 0 Å². The maximum Gasteiger partial charge on any atom is 0.171 e. The van der Waals surface area contributed by atoms with E-state index in [1.807, 2.05) is 72.8 Å². The third-order valence-electron chi connectivity index (χ3n) is 10.6. The maximum absolute atomic E-state index is 14.9. The van der Waals surface area contributed by atoms with Crippen molar-refractivity contribution in [1.82, 2.24) is 0 Å². The number of hydrogen-bond acceptors (Lipinski definition) is 1. The Kier molecular flexibility index (Phi) is 6.83. The molecule has 1 aliphatic carbocycles. The molecule has 49 heavy (non-hydrogen) atoms. The van der Waals surface area contributed by atoms with Crippen LogP contribution >= 0.6 is 7.14 Å². The molecule has 234 valence electrons. The summed E-state index contributed by atoms with van der Waals surface area (Å²) in [7, 11) is -3.02. The van der Waals surface area contributed by atoms with Gasteiger partial charge in [-0.1, -0.05) is 190 Å². The van der Waals surface area contributed by atoms with E-state index in [9.17, 15) is 4.57 Å². The van der Waals surface area contributed by atoms with E-state index < -0.39 is 7.14 Å². The summed E-state index contributed by atoms with van der Waals surface area (Å²) in [5, 5.41) is 7.75. The summed E-state index contributed by atoms with van der Waals surface area (Å²) in [5.41, 5.74) is 10.0. The molecule has 0 heterocycles. The molecule has 8 aromatic rings. The van der Waals surface area contributed by atoms with Gasteiger partial charge in [0.1, 0.15) is 0 Å². The normalized spacial score (nSPS) is 13.3. The Balaban J connectivity index is 1.16. The Hall–Kier alpha value is -5.49. The molecule has 0 radical (unpaired) electrons. The molecule has 0 atom stereocenters. The highest BCUT2D eigenvalue weighted by Gasteiger charge is 2.35. The smallest absolute Gasteiger partial charge is 0.171 e. The molecular formula is C47H35OP. The minimum Gasteiger partial charge on any atom is -0.309 e. The van der Waals surface area contributed by atoms with Gasteiger partial charge in [0.2, 0.25) is 0 Å². The van der Waals surface area contributed by atoms with Crippen LogP contribution < -0.4 is 15.9 Å². The Labute approximate surface area is 287 Å². The van der Waals surface area contributed by atoms with Crippen LogP contribution in [0.5, 0.6) is 0 Å². The van der Waals surface area contributed by atoms with Crippen molar-refractivity contribution in [3.63, 3.8) is 0 Å². The van der Waals surface area contributed by atoms with Gasteiger partial charge in [0, 0.05) is 21.3 Å². The fourth-order valence-electron chi connectivity index (χ4n) is 8.15. The summed E-state index contributed by atoms with van der Waals surface area (Å²) in [6, 6.07) is 61.7. The number of benzene rings is 8. The zero-order valence-corrected chi connectivity index (χ0v) is 28.5. The summed E-state index contributed by atoms with van der Waals surface area (Å²) in [6.07, 6.45) is 0. The topological polar surface area (TPSA) is 17.1 Å². The van der Waals surface area contributed by atoms with Crippen molar-refractivity contribution < 1.29 is 4.57 Å². The Morgan fingerprint density at radius 2 is 0.837 bits per heavy atom. The van der Waals surface area contributed by atoms with Gasteiger partial charge in [-0.25, -0.2) is 0 Å². The predicted octanol–water partition coefficient (Wildman–Crippen LogP) is 11.3. The number of rotatable bonds is 5. The molecule has 0 aromatic heterocycles. The van der Waals surface area contributed by atoms with Crippen molar-refractivity contribution in [1.29, 1.82) is 0 Å². The van der Waals surface area contributed by atoms with Crippen molar-refractivity contribution in [2.45, 2.75) is 19.3 Å². The van der Waals surface area contributed by atoms with Gasteiger partial charge >= 0.3 is 0 Å². The van der Waals surface area contributed by atoms with E-state index in [4.69, 9.17) is 0 Å². The highest BCUT2D eigenvalue weighted by Crippen LogP contribution is 2.53. The number of fused-ring (bicyclic) bond motifs is 4. The summed E-state index contributed by atoms with van der Waals surface area (Å²) >= 11 is 0. The van der Waals surface area contributed by atoms with Gasteiger partial charge in [-0.15, -0.1) is 0 Å². The largest absolute Gasteiger partial charge is 0.309 e. The van der Waals surface area contributed by atoms with Gasteiger partial charge in [-0.3, -0.25) is 0 Å². The van der Waals surface area contributed by atoms with E-state index in [1.54, 1.807) is 0 Å². The van der Waals surface area contributed by atoms with Crippen molar-refractivity contribution in [2.24, 2.45) is 0 Å². The first kappa shape index (κ1) is 29.6.